The number of nitrogens with one attached hydrogen (secondary N) is 1. The fraction of sp³-hybridized carbons (Fsp3) is 0.917. The van der Waals surface area contributed by atoms with Gasteiger partial charge in [0.05, 0.1) is 19.1 Å². The molecular formula is C12H22N2O3. The van der Waals surface area contributed by atoms with Crippen LogP contribution in [0.1, 0.15) is 32.1 Å². The Morgan fingerprint density at radius 1 is 1.18 bits per heavy atom. The van der Waals surface area contributed by atoms with Gasteiger partial charge in [-0.05, 0) is 12.8 Å². The lowest BCUT2D eigenvalue weighted by Gasteiger charge is -2.24. The van der Waals surface area contributed by atoms with Crippen molar-refractivity contribution in [3.8, 4) is 0 Å². The van der Waals surface area contributed by atoms with Crippen molar-refractivity contribution in [3.05, 3.63) is 0 Å². The van der Waals surface area contributed by atoms with E-state index in [0.717, 1.165) is 25.7 Å². The predicted octanol–water partition coefficient (Wildman–Crippen LogP) is 0.383. The van der Waals surface area contributed by atoms with E-state index in [9.17, 15) is 4.79 Å². The number of hydrogen-bond acceptors (Lipinski definition) is 4. The largest absolute Gasteiger partial charge is 0.369 e. The summed E-state index contributed by atoms with van der Waals surface area (Å²) >= 11 is 0. The second-order valence-electron chi connectivity index (χ2n) is 4.83. The Hall–Kier alpha value is -0.650. The van der Waals surface area contributed by atoms with Crippen molar-refractivity contribution in [1.29, 1.82) is 0 Å². The number of rotatable bonds is 4. The first kappa shape index (κ1) is 12.8. The Bertz CT molecular complexity index is 254. The summed E-state index contributed by atoms with van der Waals surface area (Å²) in [5.74, 6) is -0.225. The van der Waals surface area contributed by atoms with E-state index in [-0.39, 0.29) is 24.2 Å². The van der Waals surface area contributed by atoms with Gasteiger partial charge in [0.2, 0.25) is 5.91 Å². The van der Waals surface area contributed by atoms with E-state index in [0.29, 0.717) is 19.8 Å². The molecule has 1 aliphatic heterocycles. The van der Waals surface area contributed by atoms with Crippen LogP contribution in [-0.2, 0) is 14.3 Å². The van der Waals surface area contributed by atoms with Gasteiger partial charge < -0.3 is 20.5 Å². The Balaban J connectivity index is 1.83. The quantitative estimate of drug-likeness (QED) is 0.699. The molecular weight excluding hydrogens is 220 g/mol. The molecule has 17 heavy (non-hydrogen) atoms. The van der Waals surface area contributed by atoms with Gasteiger partial charge in [-0.1, -0.05) is 19.3 Å². The molecule has 1 amide bonds. The molecule has 1 aliphatic carbocycles. The number of nitrogens with two attached hydrogens (primary N) is 1. The molecule has 5 heteroatoms. The maximum absolute atomic E-state index is 11.4. The van der Waals surface area contributed by atoms with Crippen LogP contribution in [0.5, 0.6) is 0 Å². The molecule has 1 heterocycles. The molecule has 2 atom stereocenters. The molecule has 2 rings (SSSR count). The number of hydrogen-bond donors (Lipinski definition) is 2. The van der Waals surface area contributed by atoms with Crippen LogP contribution in [0.3, 0.4) is 0 Å². The Morgan fingerprint density at radius 2 is 1.88 bits per heavy atom. The summed E-state index contributed by atoms with van der Waals surface area (Å²) in [6.45, 7) is 1.97. The Kier molecular flexibility index (Phi) is 4.76. The first-order valence-corrected chi connectivity index (χ1v) is 6.53. The lowest BCUT2D eigenvalue weighted by atomic mass is 9.94. The number of carbonyl (C=O) groups excluding carboxylic acids is 1. The summed E-state index contributed by atoms with van der Waals surface area (Å²) in [5.41, 5.74) is 5.47. The summed E-state index contributed by atoms with van der Waals surface area (Å²) in [4.78, 5) is 11.4. The maximum atomic E-state index is 11.4. The van der Waals surface area contributed by atoms with E-state index in [4.69, 9.17) is 15.2 Å². The van der Waals surface area contributed by atoms with Crippen LogP contribution in [-0.4, -0.2) is 38.0 Å². The van der Waals surface area contributed by atoms with Gasteiger partial charge in [-0.3, -0.25) is 4.79 Å². The fourth-order valence-electron chi connectivity index (χ4n) is 2.67. The van der Waals surface area contributed by atoms with Crippen LogP contribution in [0, 0.1) is 5.92 Å². The van der Waals surface area contributed by atoms with Crippen LogP contribution in [0.4, 0.5) is 0 Å². The Labute approximate surface area is 102 Å². The molecule has 3 N–H and O–H groups in total. The molecule has 2 aliphatic rings. The minimum Gasteiger partial charge on any atom is -0.369 e. The van der Waals surface area contributed by atoms with Crippen LogP contribution >= 0.6 is 0 Å². The van der Waals surface area contributed by atoms with Gasteiger partial charge in [0.1, 0.15) is 0 Å². The van der Waals surface area contributed by atoms with Crippen molar-refractivity contribution < 1.29 is 14.3 Å². The SMILES string of the molecule is NC(=O)[C@H]1CCCCC[C@H]1NCC1OCCO1. The highest BCUT2D eigenvalue weighted by atomic mass is 16.7. The van der Waals surface area contributed by atoms with Crippen LogP contribution in [0.25, 0.3) is 0 Å². The number of carbonyl (C=O) groups is 1. The zero-order chi connectivity index (χ0) is 12.1. The summed E-state index contributed by atoms with van der Waals surface area (Å²) in [7, 11) is 0. The summed E-state index contributed by atoms with van der Waals surface area (Å²) < 4.78 is 10.7. The van der Waals surface area contributed by atoms with E-state index in [1.807, 2.05) is 0 Å². The highest BCUT2D eigenvalue weighted by molar-refractivity contribution is 5.77. The van der Waals surface area contributed by atoms with Crippen LogP contribution < -0.4 is 11.1 Å². The summed E-state index contributed by atoms with van der Waals surface area (Å²) in [6.07, 6.45) is 5.21. The molecule has 1 saturated carbocycles. The molecule has 0 aromatic rings. The molecule has 0 aromatic heterocycles. The molecule has 98 valence electrons. The molecule has 5 nitrogen and oxygen atoms in total. The molecule has 0 unspecified atom stereocenters. The maximum Gasteiger partial charge on any atom is 0.222 e. The van der Waals surface area contributed by atoms with E-state index in [1.54, 1.807) is 0 Å². The zero-order valence-corrected chi connectivity index (χ0v) is 10.2. The van der Waals surface area contributed by atoms with Gasteiger partial charge in [0.15, 0.2) is 6.29 Å². The summed E-state index contributed by atoms with van der Waals surface area (Å²) in [6, 6.07) is 0.183. The van der Waals surface area contributed by atoms with Gasteiger partial charge in [0.25, 0.3) is 0 Å². The monoisotopic (exact) mass is 242 g/mol. The zero-order valence-electron chi connectivity index (χ0n) is 10.2. The van der Waals surface area contributed by atoms with Crippen molar-refractivity contribution in [2.45, 2.75) is 44.4 Å². The van der Waals surface area contributed by atoms with Gasteiger partial charge in [0, 0.05) is 12.6 Å². The van der Waals surface area contributed by atoms with E-state index in [1.165, 1.54) is 6.42 Å². The van der Waals surface area contributed by atoms with Crippen LogP contribution in [0.15, 0.2) is 0 Å². The van der Waals surface area contributed by atoms with Gasteiger partial charge in [-0.15, -0.1) is 0 Å². The van der Waals surface area contributed by atoms with E-state index in [2.05, 4.69) is 5.32 Å². The number of primary amides is 1. The normalized spacial score (nSPS) is 31.3. The minimum absolute atomic E-state index is 0.0427. The molecule has 1 saturated heterocycles. The summed E-state index contributed by atoms with van der Waals surface area (Å²) in [5, 5.41) is 3.38. The second-order valence-corrected chi connectivity index (χ2v) is 4.83. The van der Waals surface area contributed by atoms with E-state index < -0.39 is 0 Å². The standard InChI is InChI=1S/C12H22N2O3/c13-12(15)9-4-2-1-3-5-10(9)14-8-11-16-6-7-17-11/h9-11,14H,1-8H2,(H2,13,15)/t9-,10+/m0/s1. The molecule has 0 aromatic carbocycles. The van der Waals surface area contributed by atoms with Gasteiger partial charge in [-0.2, -0.15) is 0 Å². The smallest absolute Gasteiger partial charge is 0.222 e. The first-order valence-electron chi connectivity index (χ1n) is 6.53. The average Bonchev–Trinajstić information content (AvgIpc) is 2.70. The first-order chi connectivity index (χ1) is 8.27. The van der Waals surface area contributed by atoms with Crippen LogP contribution in [0.2, 0.25) is 0 Å². The van der Waals surface area contributed by atoms with Gasteiger partial charge >= 0.3 is 0 Å². The molecule has 0 bridgehead atoms. The third-order valence-corrected chi connectivity index (χ3v) is 3.62. The third-order valence-electron chi connectivity index (χ3n) is 3.62. The van der Waals surface area contributed by atoms with Gasteiger partial charge in [-0.25, -0.2) is 0 Å². The second kappa shape index (κ2) is 6.33. The number of amides is 1. The fourth-order valence-corrected chi connectivity index (χ4v) is 2.67. The van der Waals surface area contributed by atoms with Crippen molar-refractivity contribution in [2.75, 3.05) is 19.8 Å². The highest BCUT2D eigenvalue weighted by Gasteiger charge is 2.28. The lowest BCUT2D eigenvalue weighted by Crippen LogP contribution is -2.45. The third kappa shape index (κ3) is 3.66. The topological polar surface area (TPSA) is 73.6 Å². The lowest BCUT2D eigenvalue weighted by molar-refractivity contribution is -0.123. The van der Waals surface area contributed by atoms with Crippen molar-refractivity contribution >= 4 is 5.91 Å². The number of ether oxygens (including phenoxy) is 2. The average molecular weight is 242 g/mol. The van der Waals surface area contributed by atoms with E-state index >= 15 is 0 Å². The molecule has 0 radical (unpaired) electrons. The molecule has 2 fully saturated rings. The Morgan fingerprint density at radius 3 is 2.59 bits per heavy atom. The highest BCUT2D eigenvalue weighted by Crippen LogP contribution is 2.23. The van der Waals surface area contributed by atoms with Crippen molar-refractivity contribution in [1.82, 2.24) is 5.32 Å². The molecule has 0 spiro atoms. The predicted molar refractivity (Wildman–Crippen MR) is 63.3 cm³/mol. The minimum atomic E-state index is -0.183. The van der Waals surface area contributed by atoms with Crippen molar-refractivity contribution in [2.24, 2.45) is 11.7 Å². The van der Waals surface area contributed by atoms with Crippen molar-refractivity contribution in [3.63, 3.8) is 0 Å².